The second kappa shape index (κ2) is 5.03. The van der Waals surface area contributed by atoms with E-state index in [1.165, 1.54) is 18.5 Å². The molecule has 5 heteroatoms. The van der Waals surface area contributed by atoms with Crippen molar-refractivity contribution in [3.05, 3.63) is 33.3 Å². The van der Waals surface area contributed by atoms with E-state index in [0.717, 1.165) is 26.3 Å². The second-order valence-corrected chi connectivity index (χ2v) is 5.89. The Balaban J connectivity index is 2.16. The van der Waals surface area contributed by atoms with E-state index >= 15 is 0 Å². The number of rotatable bonds is 3. The molecule has 0 spiro atoms. The van der Waals surface area contributed by atoms with E-state index in [-0.39, 0.29) is 0 Å². The largest absolute Gasteiger partial charge is 0.372 e. The lowest BCUT2D eigenvalue weighted by Gasteiger charge is -2.11. The number of hydrogen-bond acceptors (Lipinski definition) is 4. The fourth-order valence-electron chi connectivity index (χ4n) is 2.08. The molecule has 1 fully saturated rings. The summed E-state index contributed by atoms with van der Waals surface area (Å²) in [5.41, 5.74) is 3.34. The van der Waals surface area contributed by atoms with Crippen molar-refractivity contribution in [2.75, 3.05) is 12.4 Å². The molecule has 0 saturated heterocycles. The van der Waals surface area contributed by atoms with Gasteiger partial charge in [-0.2, -0.15) is 0 Å². The molecule has 0 radical (unpaired) electrons. The molecule has 19 heavy (non-hydrogen) atoms. The van der Waals surface area contributed by atoms with Crippen molar-refractivity contribution < 1.29 is 0 Å². The van der Waals surface area contributed by atoms with Crippen LogP contribution in [0.1, 0.15) is 30.0 Å². The molecule has 0 atom stereocenters. The third-order valence-electron chi connectivity index (χ3n) is 3.36. The molecule has 2 aromatic rings. The number of aromatic nitrogens is 3. The topological polar surface area (TPSA) is 50.7 Å². The fraction of sp³-hybridized carbons (Fsp3) is 0.357. The maximum absolute atomic E-state index is 4.78. The monoisotopic (exact) mass is 366 g/mol. The zero-order valence-corrected chi connectivity index (χ0v) is 13.1. The van der Waals surface area contributed by atoms with Crippen LogP contribution in [0, 0.1) is 10.5 Å². The van der Waals surface area contributed by atoms with Crippen molar-refractivity contribution in [2.45, 2.75) is 25.7 Å². The van der Waals surface area contributed by atoms with E-state index in [4.69, 9.17) is 4.98 Å². The van der Waals surface area contributed by atoms with Gasteiger partial charge in [-0.3, -0.25) is 4.98 Å². The van der Waals surface area contributed by atoms with Gasteiger partial charge < -0.3 is 5.32 Å². The van der Waals surface area contributed by atoms with Gasteiger partial charge in [0.2, 0.25) is 0 Å². The Morgan fingerprint density at radius 2 is 2.11 bits per heavy atom. The summed E-state index contributed by atoms with van der Waals surface area (Å²) in [7, 11) is 1.90. The number of aryl methyl sites for hydroxylation is 1. The van der Waals surface area contributed by atoms with E-state index in [0.29, 0.717) is 5.92 Å². The highest BCUT2D eigenvalue weighted by atomic mass is 127. The minimum atomic E-state index is 0.609. The lowest BCUT2D eigenvalue weighted by Crippen LogP contribution is -2.05. The normalized spacial score (nSPS) is 14.5. The summed E-state index contributed by atoms with van der Waals surface area (Å²) >= 11 is 2.34. The molecule has 1 N–H and O–H groups in total. The first-order valence-corrected chi connectivity index (χ1v) is 7.44. The summed E-state index contributed by atoms with van der Waals surface area (Å²) in [6, 6.07) is 1.99. The van der Waals surface area contributed by atoms with Crippen LogP contribution in [0.2, 0.25) is 0 Å². The number of halogens is 1. The maximum atomic E-state index is 4.78. The molecule has 0 aromatic carbocycles. The molecule has 1 saturated carbocycles. The molecule has 98 valence electrons. The molecule has 3 rings (SSSR count). The smallest absolute Gasteiger partial charge is 0.163 e. The Kier molecular flexibility index (Phi) is 3.38. The zero-order valence-electron chi connectivity index (χ0n) is 10.9. The van der Waals surface area contributed by atoms with Crippen LogP contribution in [-0.4, -0.2) is 22.0 Å². The molecule has 0 bridgehead atoms. The zero-order chi connectivity index (χ0) is 13.4. The van der Waals surface area contributed by atoms with Gasteiger partial charge >= 0.3 is 0 Å². The van der Waals surface area contributed by atoms with Crippen LogP contribution >= 0.6 is 22.6 Å². The third-order valence-corrected chi connectivity index (χ3v) is 4.42. The Bertz CT molecular complexity index is 623. The Labute approximate surface area is 126 Å². The van der Waals surface area contributed by atoms with E-state index in [2.05, 4.69) is 44.8 Å². The van der Waals surface area contributed by atoms with Gasteiger partial charge in [0.05, 0.1) is 9.26 Å². The Hall–Kier alpha value is -1.24. The average Bonchev–Trinajstić information content (AvgIpc) is 3.24. The molecule has 0 amide bonds. The summed E-state index contributed by atoms with van der Waals surface area (Å²) in [5.74, 6) is 2.30. The minimum absolute atomic E-state index is 0.609. The van der Waals surface area contributed by atoms with E-state index in [9.17, 15) is 0 Å². The van der Waals surface area contributed by atoms with Crippen molar-refractivity contribution in [1.82, 2.24) is 15.0 Å². The summed E-state index contributed by atoms with van der Waals surface area (Å²) in [5, 5.41) is 3.17. The highest BCUT2D eigenvalue weighted by molar-refractivity contribution is 14.1. The van der Waals surface area contributed by atoms with E-state index in [1.54, 1.807) is 6.20 Å². The summed E-state index contributed by atoms with van der Waals surface area (Å²) < 4.78 is 1.15. The SMILES string of the molecule is CNc1nc(-c2cnccc2C)nc(C2CC2)c1I. The number of anilines is 1. The summed E-state index contributed by atoms with van der Waals surface area (Å²) in [4.78, 5) is 13.6. The molecular weight excluding hydrogens is 351 g/mol. The van der Waals surface area contributed by atoms with Crippen LogP contribution in [0.25, 0.3) is 11.4 Å². The fourth-order valence-corrected chi connectivity index (χ4v) is 3.03. The Morgan fingerprint density at radius 3 is 2.74 bits per heavy atom. The van der Waals surface area contributed by atoms with Gasteiger partial charge in [0.25, 0.3) is 0 Å². The van der Waals surface area contributed by atoms with Crippen molar-refractivity contribution >= 4 is 28.4 Å². The van der Waals surface area contributed by atoms with Crippen molar-refractivity contribution in [2.24, 2.45) is 0 Å². The van der Waals surface area contributed by atoms with E-state index < -0.39 is 0 Å². The first-order chi connectivity index (χ1) is 9.20. The van der Waals surface area contributed by atoms with Crippen molar-refractivity contribution in [1.29, 1.82) is 0 Å². The average molecular weight is 366 g/mol. The van der Waals surface area contributed by atoms with Gasteiger partial charge in [0, 0.05) is 30.9 Å². The molecule has 2 heterocycles. The number of nitrogens with zero attached hydrogens (tertiary/aromatic N) is 3. The van der Waals surface area contributed by atoms with Crippen LogP contribution in [0.4, 0.5) is 5.82 Å². The molecular formula is C14H15IN4. The molecule has 1 aliphatic rings. The van der Waals surface area contributed by atoms with Crippen molar-refractivity contribution in [3.8, 4) is 11.4 Å². The van der Waals surface area contributed by atoms with E-state index in [1.807, 2.05) is 19.3 Å². The molecule has 0 aliphatic heterocycles. The first-order valence-electron chi connectivity index (χ1n) is 6.37. The second-order valence-electron chi connectivity index (χ2n) is 4.81. The first kappa shape index (κ1) is 12.8. The lowest BCUT2D eigenvalue weighted by molar-refractivity contribution is 0.976. The van der Waals surface area contributed by atoms with Crippen LogP contribution in [-0.2, 0) is 0 Å². The van der Waals surface area contributed by atoms with Crippen LogP contribution < -0.4 is 5.32 Å². The number of pyridine rings is 1. The standard InChI is InChI=1S/C14H15IN4/c1-8-5-6-17-7-10(8)13-18-12(9-3-4-9)11(15)14(16-2)19-13/h5-7,9H,3-4H2,1-2H3,(H,16,18,19). The van der Waals surface area contributed by atoms with Gasteiger partial charge in [-0.15, -0.1) is 0 Å². The third kappa shape index (κ3) is 2.43. The van der Waals surface area contributed by atoms with Crippen molar-refractivity contribution in [3.63, 3.8) is 0 Å². The maximum Gasteiger partial charge on any atom is 0.163 e. The van der Waals surface area contributed by atoms with Gasteiger partial charge in [-0.25, -0.2) is 9.97 Å². The van der Waals surface area contributed by atoms with Crippen LogP contribution in [0.3, 0.4) is 0 Å². The lowest BCUT2D eigenvalue weighted by atomic mass is 10.1. The summed E-state index contributed by atoms with van der Waals surface area (Å²) in [6.45, 7) is 2.06. The molecule has 4 nitrogen and oxygen atoms in total. The van der Waals surface area contributed by atoms with Gasteiger partial charge in [-0.1, -0.05) is 0 Å². The number of hydrogen-bond donors (Lipinski definition) is 1. The molecule has 1 aliphatic carbocycles. The predicted octanol–water partition coefficient (Wildman–Crippen LogP) is 3.37. The van der Waals surface area contributed by atoms with Crippen LogP contribution in [0.5, 0.6) is 0 Å². The highest BCUT2D eigenvalue weighted by Crippen LogP contribution is 2.42. The highest BCUT2D eigenvalue weighted by Gasteiger charge is 2.29. The molecule has 2 aromatic heterocycles. The molecule has 0 unspecified atom stereocenters. The van der Waals surface area contributed by atoms with Gasteiger partial charge in [0.1, 0.15) is 5.82 Å². The van der Waals surface area contributed by atoms with Gasteiger partial charge in [0.15, 0.2) is 5.82 Å². The Morgan fingerprint density at radius 1 is 1.32 bits per heavy atom. The minimum Gasteiger partial charge on any atom is -0.372 e. The predicted molar refractivity (Wildman–Crippen MR) is 84.2 cm³/mol. The number of nitrogens with one attached hydrogen (secondary N) is 1. The quantitative estimate of drug-likeness (QED) is 0.847. The van der Waals surface area contributed by atoms with Gasteiger partial charge in [-0.05, 0) is 54.0 Å². The van der Waals surface area contributed by atoms with Crippen LogP contribution in [0.15, 0.2) is 18.5 Å². The summed E-state index contributed by atoms with van der Waals surface area (Å²) in [6.07, 6.45) is 6.11.